The lowest BCUT2D eigenvalue weighted by atomic mass is 9.99. The number of nitrogens with zero attached hydrogens (tertiary/aromatic N) is 2. The summed E-state index contributed by atoms with van der Waals surface area (Å²) in [6.07, 6.45) is 0. The molecular weight excluding hydrogens is 681 g/mol. The predicted molar refractivity (Wildman–Crippen MR) is 234 cm³/mol. The number of para-hydroxylation sites is 1. The van der Waals surface area contributed by atoms with Gasteiger partial charge in [-0.3, -0.25) is 0 Å². The van der Waals surface area contributed by atoms with Crippen LogP contribution >= 0.6 is 0 Å². The molecule has 1 aliphatic carbocycles. The van der Waals surface area contributed by atoms with E-state index in [1.165, 1.54) is 87.5 Å². The largest absolute Gasteiger partial charge is 0.456 e. The van der Waals surface area contributed by atoms with E-state index < -0.39 is 0 Å². The Kier molecular flexibility index (Phi) is 5.89. The van der Waals surface area contributed by atoms with Crippen LogP contribution in [0.25, 0.3) is 127 Å². The first-order chi connectivity index (χ1) is 27.7. The van der Waals surface area contributed by atoms with Gasteiger partial charge in [-0.25, -0.2) is 4.98 Å². The van der Waals surface area contributed by atoms with Crippen LogP contribution in [-0.2, 0) is 0 Å². The normalized spacial score (nSPS) is 12.3. The molecule has 9 aromatic carbocycles. The topological polar surface area (TPSA) is 31.0 Å². The van der Waals surface area contributed by atoms with Crippen LogP contribution in [0.1, 0.15) is 0 Å². The molecule has 0 spiro atoms. The van der Waals surface area contributed by atoms with Crippen molar-refractivity contribution in [2.75, 3.05) is 0 Å². The second kappa shape index (κ2) is 11.0. The molecule has 0 atom stereocenters. The van der Waals surface area contributed by atoms with E-state index in [2.05, 4.69) is 187 Å². The molecule has 0 radical (unpaired) electrons. The van der Waals surface area contributed by atoms with Crippen molar-refractivity contribution in [2.24, 2.45) is 0 Å². The monoisotopic (exact) mass is 710 g/mol. The van der Waals surface area contributed by atoms with Crippen LogP contribution in [0, 0.1) is 0 Å². The zero-order valence-corrected chi connectivity index (χ0v) is 30.1. The predicted octanol–water partition coefficient (Wildman–Crippen LogP) is 14.5. The van der Waals surface area contributed by atoms with Gasteiger partial charge in [-0.1, -0.05) is 115 Å². The van der Waals surface area contributed by atoms with Gasteiger partial charge in [0.25, 0.3) is 0 Å². The highest BCUT2D eigenvalue weighted by molar-refractivity contribution is 6.20. The van der Waals surface area contributed by atoms with Crippen LogP contribution in [0.2, 0.25) is 0 Å². The molecule has 0 bridgehead atoms. The van der Waals surface area contributed by atoms with Crippen LogP contribution < -0.4 is 0 Å². The molecule has 0 amide bonds. The van der Waals surface area contributed by atoms with Gasteiger partial charge in [0.05, 0.1) is 22.2 Å². The molecule has 12 aromatic rings. The van der Waals surface area contributed by atoms with Crippen LogP contribution in [0.5, 0.6) is 0 Å². The first-order valence-corrected chi connectivity index (χ1v) is 19.2. The Morgan fingerprint density at radius 3 is 1.98 bits per heavy atom. The quantitative estimate of drug-likeness (QED) is 0.183. The van der Waals surface area contributed by atoms with E-state index in [9.17, 15) is 0 Å². The van der Waals surface area contributed by atoms with Crippen molar-refractivity contribution in [3.8, 4) is 50.3 Å². The Morgan fingerprint density at radius 2 is 1.05 bits per heavy atom. The first-order valence-electron chi connectivity index (χ1n) is 19.2. The van der Waals surface area contributed by atoms with Gasteiger partial charge >= 0.3 is 0 Å². The Bertz CT molecular complexity index is 3660. The third kappa shape index (κ3) is 4.14. The zero-order chi connectivity index (χ0) is 36.5. The van der Waals surface area contributed by atoms with Crippen LogP contribution in [0.15, 0.2) is 186 Å². The molecule has 3 aromatic heterocycles. The Morgan fingerprint density at radius 1 is 0.375 bits per heavy atom. The third-order valence-electron chi connectivity index (χ3n) is 12.1. The number of furan rings is 1. The Balaban J connectivity index is 0.921. The van der Waals surface area contributed by atoms with E-state index in [-0.39, 0.29) is 0 Å². The van der Waals surface area contributed by atoms with E-state index in [1.54, 1.807) is 0 Å². The second-order valence-corrected chi connectivity index (χ2v) is 15.1. The minimum Gasteiger partial charge on any atom is -0.456 e. The van der Waals surface area contributed by atoms with Crippen molar-refractivity contribution in [1.29, 1.82) is 0 Å². The van der Waals surface area contributed by atoms with Crippen molar-refractivity contribution in [1.82, 2.24) is 9.55 Å². The number of fused-ring (bicyclic) bond motifs is 12. The highest BCUT2D eigenvalue weighted by atomic mass is 16.3. The van der Waals surface area contributed by atoms with Crippen molar-refractivity contribution < 1.29 is 4.42 Å². The lowest BCUT2D eigenvalue weighted by Crippen LogP contribution is -1.94. The van der Waals surface area contributed by atoms with Gasteiger partial charge < -0.3 is 8.98 Å². The number of hydrogen-bond acceptors (Lipinski definition) is 2. The minimum atomic E-state index is 0.911. The van der Waals surface area contributed by atoms with E-state index in [0.717, 1.165) is 39.0 Å². The number of rotatable bonds is 3. The molecule has 3 nitrogen and oxygen atoms in total. The van der Waals surface area contributed by atoms with E-state index in [4.69, 9.17) is 9.40 Å². The summed E-state index contributed by atoms with van der Waals surface area (Å²) in [6.45, 7) is 0. The Labute approximate surface area is 321 Å². The smallest absolute Gasteiger partial charge is 0.136 e. The summed E-state index contributed by atoms with van der Waals surface area (Å²) >= 11 is 0. The van der Waals surface area contributed by atoms with Crippen LogP contribution in [0.4, 0.5) is 0 Å². The maximum Gasteiger partial charge on any atom is 0.136 e. The summed E-state index contributed by atoms with van der Waals surface area (Å²) in [5, 5.41) is 10.9. The molecule has 13 rings (SSSR count). The van der Waals surface area contributed by atoms with Crippen LogP contribution in [-0.4, -0.2) is 9.55 Å². The molecule has 0 N–H and O–H groups in total. The summed E-state index contributed by atoms with van der Waals surface area (Å²) in [7, 11) is 0. The van der Waals surface area contributed by atoms with Gasteiger partial charge in [-0.05, 0) is 122 Å². The van der Waals surface area contributed by atoms with Crippen molar-refractivity contribution in [2.45, 2.75) is 0 Å². The number of hydrogen-bond donors (Lipinski definition) is 0. The second-order valence-electron chi connectivity index (χ2n) is 15.1. The zero-order valence-electron chi connectivity index (χ0n) is 30.1. The molecule has 0 unspecified atom stereocenters. The standard InChI is InChI=1S/C53H30N2O/c1-2-9-38-31(8-1)20-25-51-53(38)45-29-35(21-24-50(45)56-51)34-19-23-49-43(28-34)41-12-5-6-15-48(41)55(49)37-22-18-32-26-36(17-16-33(32)27-37)47-30-44-40-11-4-3-10-39(40)42-13-7-14-46(54-47)52(42)44/h1-30H. The van der Waals surface area contributed by atoms with E-state index >= 15 is 0 Å². The lowest BCUT2D eigenvalue weighted by molar-refractivity contribution is 0.669. The summed E-state index contributed by atoms with van der Waals surface area (Å²) < 4.78 is 8.73. The molecule has 258 valence electrons. The average molecular weight is 711 g/mol. The van der Waals surface area contributed by atoms with Gasteiger partial charge in [-0.15, -0.1) is 0 Å². The highest BCUT2D eigenvalue weighted by Crippen LogP contribution is 2.48. The maximum atomic E-state index is 6.32. The van der Waals surface area contributed by atoms with Gasteiger partial charge in [0, 0.05) is 38.2 Å². The molecular formula is C53H30N2O. The fourth-order valence-electron chi connectivity index (χ4n) is 9.51. The molecule has 1 aliphatic rings. The molecule has 56 heavy (non-hydrogen) atoms. The van der Waals surface area contributed by atoms with Crippen LogP contribution in [0.3, 0.4) is 0 Å². The van der Waals surface area contributed by atoms with Crippen molar-refractivity contribution in [3.63, 3.8) is 0 Å². The fraction of sp³-hybridized carbons (Fsp3) is 0. The molecule has 0 aliphatic heterocycles. The SMILES string of the molecule is c1ccc2c(c1)-c1cccc3nc(-c4ccc5cc(-n6c7ccccc7c7cc(-c8ccc9oc%10ccc%11ccccc%11c%10c9c8)ccc76)ccc5c4)cc-2c13. The lowest BCUT2D eigenvalue weighted by Gasteiger charge is -2.11. The minimum absolute atomic E-state index is 0.911. The number of benzene rings is 9. The fourth-order valence-corrected chi connectivity index (χ4v) is 9.51. The van der Waals surface area contributed by atoms with E-state index in [0.29, 0.717) is 0 Å². The molecule has 0 saturated carbocycles. The third-order valence-corrected chi connectivity index (χ3v) is 12.1. The summed E-state index contributed by atoms with van der Waals surface area (Å²) in [5.74, 6) is 0. The van der Waals surface area contributed by atoms with Gasteiger partial charge in [-0.2, -0.15) is 0 Å². The first kappa shape index (κ1) is 29.9. The van der Waals surface area contributed by atoms with Gasteiger partial charge in [0.2, 0.25) is 0 Å². The Hall–Kier alpha value is -7.49. The average Bonchev–Trinajstić information content (AvgIpc) is 3.91. The summed E-state index contributed by atoms with van der Waals surface area (Å²) in [6, 6.07) is 66.1. The van der Waals surface area contributed by atoms with Crippen molar-refractivity contribution >= 4 is 76.2 Å². The summed E-state index contributed by atoms with van der Waals surface area (Å²) in [5.41, 5.74) is 16.0. The molecule has 0 fully saturated rings. The molecule has 3 heterocycles. The van der Waals surface area contributed by atoms with Gasteiger partial charge in [0.1, 0.15) is 11.2 Å². The highest BCUT2D eigenvalue weighted by Gasteiger charge is 2.23. The maximum absolute atomic E-state index is 6.32. The number of pyridine rings is 1. The molecule has 3 heteroatoms. The van der Waals surface area contributed by atoms with E-state index in [1.807, 2.05) is 0 Å². The van der Waals surface area contributed by atoms with Gasteiger partial charge in [0.15, 0.2) is 0 Å². The summed E-state index contributed by atoms with van der Waals surface area (Å²) in [4.78, 5) is 5.18. The van der Waals surface area contributed by atoms with Crippen molar-refractivity contribution in [3.05, 3.63) is 182 Å². The number of aromatic nitrogens is 2. The molecule has 0 saturated heterocycles.